The second-order valence-corrected chi connectivity index (χ2v) is 4.50. The quantitative estimate of drug-likeness (QED) is 0.408. The van der Waals surface area contributed by atoms with Gasteiger partial charge in [-0.2, -0.15) is 0 Å². The van der Waals surface area contributed by atoms with Gasteiger partial charge in [0.15, 0.2) is 0 Å². The van der Waals surface area contributed by atoms with Crippen LogP contribution < -0.4 is 0 Å². The van der Waals surface area contributed by atoms with Gasteiger partial charge in [0.25, 0.3) is 0 Å². The molecule has 0 rings (SSSR count). The summed E-state index contributed by atoms with van der Waals surface area (Å²) < 4.78 is 0. The summed E-state index contributed by atoms with van der Waals surface area (Å²) >= 11 is 0. The summed E-state index contributed by atoms with van der Waals surface area (Å²) in [6.07, 6.45) is 0. The zero-order valence-electron chi connectivity index (χ0n) is 4.82. The van der Waals surface area contributed by atoms with Gasteiger partial charge >= 0.3 is 0 Å². The molecule has 0 saturated heterocycles. The molecule has 0 aliphatic carbocycles. The Morgan fingerprint density at radius 3 is 1.00 bits per heavy atom. The van der Waals surface area contributed by atoms with E-state index in [4.69, 9.17) is 0 Å². The molecule has 0 fully saturated rings. The first kappa shape index (κ1) is 15.8. The predicted octanol–water partition coefficient (Wildman–Crippen LogP) is 1.82. The Balaban J connectivity index is -0.0000000450. The zero-order chi connectivity index (χ0) is 3.58. The third-order valence-corrected chi connectivity index (χ3v) is 0. The topological polar surface area (TPSA) is 0 Å². The summed E-state index contributed by atoms with van der Waals surface area (Å²) in [7, 11) is 0.120. The summed E-state index contributed by atoms with van der Waals surface area (Å²) in [6, 6.07) is 0. The van der Waals surface area contributed by atoms with Gasteiger partial charge in [-0.25, -0.2) is 0 Å². The Bertz CT molecular complexity index is 12.3. The minimum Gasteiger partial charge on any atom is -0.358 e. The van der Waals surface area contributed by atoms with Crippen molar-refractivity contribution in [3.05, 3.63) is 7.43 Å². The van der Waals surface area contributed by atoms with Crippen LogP contribution in [0.3, 0.4) is 0 Å². The Kier molecular flexibility index (Phi) is 24.5. The molecule has 0 atom stereocenters. The second-order valence-electron chi connectivity index (χ2n) is 1.50. The Labute approximate surface area is 56.6 Å². The summed E-state index contributed by atoms with van der Waals surface area (Å²) in [4.78, 5) is 0. The van der Waals surface area contributed by atoms with Gasteiger partial charge in [0, 0.05) is 29.2 Å². The van der Waals surface area contributed by atoms with Crippen molar-refractivity contribution in [2.24, 2.45) is 0 Å². The van der Waals surface area contributed by atoms with Crippen LogP contribution in [-0.2, 0) is 20.4 Å². The minimum absolute atomic E-state index is 0. The molecule has 0 N–H and O–H groups in total. The summed E-state index contributed by atoms with van der Waals surface area (Å²) in [5.74, 6) is 0. The molecule has 0 bridgehead atoms. The zero-order valence-corrected chi connectivity index (χ0v) is 7.37. The monoisotopic (exact) mass is 194 g/mol. The summed E-state index contributed by atoms with van der Waals surface area (Å²) in [6.45, 7) is 6.81. The van der Waals surface area contributed by atoms with Gasteiger partial charge in [-0.05, 0) is 0 Å². The van der Waals surface area contributed by atoms with Gasteiger partial charge < -0.3 is 7.43 Å². The largest absolute Gasteiger partial charge is 0.358 e. The third-order valence-electron chi connectivity index (χ3n) is 0. The van der Waals surface area contributed by atoms with E-state index >= 15 is 0 Å². The standard InChI is InChI=1S/C3H9Si.CH3.Pd/c1-4(2)3;;/h1-3H3;1H3;/q;-1;. The first-order valence-electron chi connectivity index (χ1n) is 1.50. The average molecular weight is 195 g/mol. The van der Waals surface area contributed by atoms with Crippen molar-refractivity contribution in [3.63, 3.8) is 0 Å². The molecule has 0 saturated carbocycles. The average Bonchev–Trinajstić information content (AvgIpc) is 0.811. The molecular weight excluding hydrogens is 183 g/mol. The van der Waals surface area contributed by atoms with Crippen molar-refractivity contribution < 1.29 is 20.4 Å². The van der Waals surface area contributed by atoms with Crippen LogP contribution in [0, 0.1) is 7.43 Å². The fraction of sp³-hybridized carbons (Fsp3) is 0.750. The predicted molar refractivity (Wildman–Crippen MR) is 29.8 cm³/mol. The van der Waals surface area contributed by atoms with Gasteiger partial charge in [-0.15, -0.1) is 0 Å². The molecule has 0 unspecified atom stereocenters. The molecule has 0 amide bonds. The molecule has 0 aliphatic rings. The molecule has 0 nitrogen and oxygen atoms in total. The van der Waals surface area contributed by atoms with Crippen LogP contribution in [0.5, 0.6) is 0 Å². The fourth-order valence-corrected chi connectivity index (χ4v) is 0. The molecule has 0 aromatic rings. The van der Waals surface area contributed by atoms with E-state index in [9.17, 15) is 0 Å². The van der Waals surface area contributed by atoms with Gasteiger partial charge in [-0.3, -0.25) is 0 Å². The van der Waals surface area contributed by atoms with E-state index in [0.29, 0.717) is 0 Å². The molecule has 2 heteroatoms. The second kappa shape index (κ2) is 9.30. The van der Waals surface area contributed by atoms with Gasteiger partial charge in [0.1, 0.15) is 0 Å². The van der Waals surface area contributed by atoms with E-state index in [1.54, 1.807) is 0 Å². The van der Waals surface area contributed by atoms with Gasteiger partial charge in [0.2, 0.25) is 0 Å². The number of rotatable bonds is 0. The maximum atomic E-state index is 2.27. The Morgan fingerprint density at radius 2 is 1.00 bits per heavy atom. The molecule has 0 aromatic heterocycles. The molecule has 6 heavy (non-hydrogen) atoms. The maximum absolute atomic E-state index is 2.27. The molecule has 0 spiro atoms. The fourth-order valence-electron chi connectivity index (χ4n) is 0. The third kappa shape index (κ3) is 95.0. The molecule has 1 radical (unpaired) electrons. The first-order valence-corrected chi connectivity index (χ1v) is 4.50. The van der Waals surface area contributed by atoms with E-state index in [1.807, 2.05) is 0 Å². The van der Waals surface area contributed by atoms with Crippen molar-refractivity contribution in [2.45, 2.75) is 19.6 Å². The van der Waals surface area contributed by atoms with Crippen molar-refractivity contribution >= 4 is 8.80 Å². The van der Waals surface area contributed by atoms with E-state index in [2.05, 4.69) is 19.6 Å². The van der Waals surface area contributed by atoms with Crippen molar-refractivity contribution in [3.8, 4) is 0 Å². The van der Waals surface area contributed by atoms with Crippen LogP contribution in [0.15, 0.2) is 0 Å². The van der Waals surface area contributed by atoms with E-state index in [0.717, 1.165) is 0 Å². The van der Waals surface area contributed by atoms with Crippen LogP contribution in [0.4, 0.5) is 0 Å². The van der Waals surface area contributed by atoms with Crippen LogP contribution in [0.25, 0.3) is 0 Å². The molecular formula is C4H12PdSi-. The van der Waals surface area contributed by atoms with Gasteiger partial charge in [-0.1, -0.05) is 19.6 Å². The van der Waals surface area contributed by atoms with Crippen molar-refractivity contribution in [1.29, 1.82) is 0 Å². The Morgan fingerprint density at radius 1 is 1.00 bits per heavy atom. The maximum Gasteiger partial charge on any atom is 0.0379 e. The van der Waals surface area contributed by atoms with Crippen molar-refractivity contribution in [2.75, 3.05) is 0 Å². The van der Waals surface area contributed by atoms with Crippen molar-refractivity contribution in [1.82, 2.24) is 0 Å². The van der Waals surface area contributed by atoms with Gasteiger partial charge in [0.05, 0.1) is 0 Å². The normalized spacial score (nSPS) is 6.00. The summed E-state index contributed by atoms with van der Waals surface area (Å²) in [5, 5.41) is 0. The molecule has 43 valence electrons. The smallest absolute Gasteiger partial charge is 0.0379 e. The van der Waals surface area contributed by atoms with E-state index in [1.165, 1.54) is 0 Å². The van der Waals surface area contributed by atoms with Crippen LogP contribution in [-0.4, -0.2) is 8.80 Å². The van der Waals surface area contributed by atoms with E-state index < -0.39 is 0 Å². The SMILES string of the molecule is C[Si](C)C.[CH3-].[Pd]. The first-order chi connectivity index (χ1) is 1.73. The van der Waals surface area contributed by atoms with E-state index in [-0.39, 0.29) is 36.6 Å². The molecule has 0 heterocycles. The molecule has 0 aromatic carbocycles. The number of hydrogen-bond donors (Lipinski definition) is 0. The molecule has 0 aliphatic heterocycles. The van der Waals surface area contributed by atoms with Crippen LogP contribution in [0.2, 0.25) is 19.6 Å². The minimum atomic E-state index is 0. The van der Waals surface area contributed by atoms with Crippen LogP contribution >= 0.6 is 0 Å². The summed E-state index contributed by atoms with van der Waals surface area (Å²) in [5.41, 5.74) is 0. The van der Waals surface area contributed by atoms with Crippen LogP contribution in [0.1, 0.15) is 0 Å². The number of hydrogen-bond acceptors (Lipinski definition) is 0. The Hall–Kier alpha value is 0.879.